The van der Waals surface area contributed by atoms with Gasteiger partial charge in [0.2, 0.25) is 12.7 Å². The minimum atomic E-state index is 0.0402. The van der Waals surface area contributed by atoms with Crippen molar-refractivity contribution in [3.8, 4) is 11.5 Å². The molecule has 2 aliphatic rings. The van der Waals surface area contributed by atoms with Crippen molar-refractivity contribution in [2.75, 3.05) is 47.6 Å². The highest BCUT2D eigenvalue weighted by molar-refractivity contribution is 5.81. The van der Waals surface area contributed by atoms with Crippen LogP contribution in [-0.4, -0.2) is 75.3 Å². The maximum atomic E-state index is 12.3. The van der Waals surface area contributed by atoms with Crippen LogP contribution in [0.2, 0.25) is 0 Å². The molecule has 0 spiro atoms. The first-order chi connectivity index (χ1) is 13.6. The first-order valence-electron chi connectivity index (χ1n) is 9.86. The summed E-state index contributed by atoms with van der Waals surface area (Å²) in [6, 6.07) is 5.97. The molecular formula is C20H31N5O3. The van der Waals surface area contributed by atoms with Crippen molar-refractivity contribution in [1.29, 1.82) is 0 Å². The number of nitrogens with zero attached hydrogens (tertiary/aromatic N) is 3. The molecule has 28 heavy (non-hydrogen) atoms. The Morgan fingerprint density at radius 1 is 1.29 bits per heavy atom. The largest absolute Gasteiger partial charge is 0.454 e. The van der Waals surface area contributed by atoms with Gasteiger partial charge >= 0.3 is 0 Å². The number of amides is 1. The van der Waals surface area contributed by atoms with Gasteiger partial charge in [0.1, 0.15) is 0 Å². The van der Waals surface area contributed by atoms with Crippen molar-refractivity contribution in [2.24, 2.45) is 4.99 Å². The summed E-state index contributed by atoms with van der Waals surface area (Å²) in [7, 11) is 5.42. The molecule has 0 aromatic heterocycles. The number of rotatable bonds is 7. The van der Waals surface area contributed by atoms with Crippen molar-refractivity contribution in [1.82, 2.24) is 20.4 Å². The second kappa shape index (κ2) is 9.64. The van der Waals surface area contributed by atoms with E-state index in [4.69, 9.17) is 9.47 Å². The van der Waals surface area contributed by atoms with Crippen LogP contribution in [0.3, 0.4) is 0 Å². The molecule has 1 unspecified atom stereocenters. The SMILES string of the molecule is CN=C(NCCCN1CCCC1C(=O)N(C)C)NCc1ccc2c(c1)OCO2. The van der Waals surface area contributed by atoms with Gasteiger partial charge in [0.05, 0.1) is 6.04 Å². The van der Waals surface area contributed by atoms with Crippen LogP contribution in [0.1, 0.15) is 24.8 Å². The number of nitrogens with one attached hydrogen (secondary N) is 2. The van der Waals surface area contributed by atoms with Crippen LogP contribution in [0.15, 0.2) is 23.2 Å². The first-order valence-corrected chi connectivity index (χ1v) is 9.86. The minimum Gasteiger partial charge on any atom is -0.454 e. The van der Waals surface area contributed by atoms with E-state index in [1.807, 2.05) is 32.3 Å². The summed E-state index contributed by atoms with van der Waals surface area (Å²) in [5.41, 5.74) is 1.11. The smallest absolute Gasteiger partial charge is 0.239 e. The fraction of sp³-hybridized carbons (Fsp3) is 0.600. The van der Waals surface area contributed by atoms with E-state index in [9.17, 15) is 4.79 Å². The van der Waals surface area contributed by atoms with Crippen molar-refractivity contribution in [3.63, 3.8) is 0 Å². The summed E-state index contributed by atoms with van der Waals surface area (Å²) in [4.78, 5) is 20.5. The van der Waals surface area contributed by atoms with Gasteiger partial charge in [0.25, 0.3) is 0 Å². The van der Waals surface area contributed by atoms with E-state index in [1.165, 1.54) is 0 Å². The van der Waals surface area contributed by atoms with E-state index in [0.717, 1.165) is 61.9 Å². The quantitative estimate of drug-likeness (QED) is 0.412. The topological polar surface area (TPSA) is 78.4 Å². The zero-order chi connectivity index (χ0) is 19.9. The number of aliphatic imine (C=N–C) groups is 1. The Morgan fingerprint density at radius 2 is 2.11 bits per heavy atom. The van der Waals surface area contributed by atoms with Crippen LogP contribution in [0.4, 0.5) is 0 Å². The Morgan fingerprint density at radius 3 is 2.89 bits per heavy atom. The summed E-state index contributed by atoms with van der Waals surface area (Å²) < 4.78 is 10.7. The molecule has 1 aromatic rings. The monoisotopic (exact) mass is 389 g/mol. The number of ether oxygens (including phenoxy) is 2. The van der Waals surface area contributed by atoms with Crippen LogP contribution < -0.4 is 20.1 Å². The molecule has 1 fully saturated rings. The Hall–Kier alpha value is -2.48. The van der Waals surface area contributed by atoms with Crippen LogP contribution in [0, 0.1) is 0 Å². The number of guanidine groups is 1. The van der Waals surface area contributed by atoms with Gasteiger partial charge < -0.3 is 25.0 Å². The average Bonchev–Trinajstić information content (AvgIpc) is 3.35. The second-order valence-electron chi connectivity index (χ2n) is 7.32. The average molecular weight is 390 g/mol. The third-order valence-corrected chi connectivity index (χ3v) is 5.12. The highest BCUT2D eigenvalue weighted by Crippen LogP contribution is 2.32. The molecule has 1 atom stereocenters. The lowest BCUT2D eigenvalue weighted by molar-refractivity contribution is -0.133. The molecule has 0 aliphatic carbocycles. The van der Waals surface area contributed by atoms with Gasteiger partial charge in [0.15, 0.2) is 17.5 Å². The summed E-state index contributed by atoms with van der Waals surface area (Å²) in [5, 5.41) is 6.66. The fourth-order valence-corrected chi connectivity index (χ4v) is 3.62. The lowest BCUT2D eigenvalue weighted by Crippen LogP contribution is -2.44. The van der Waals surface area contributed by atoms with Gasteiger partial charge in [-0.3, -0.25) is 14.7 Å². The molecule has 0 saturated carbocycles. The van der Waals surface area contributed by atoms with E-state index in [-0.39, 0.29) is 18.7 Å². The van der Waals surface area contributed by atoms with Crippen LogP contribution in [-0.2, 0) is 11.3 Å². The van der Waals surface area contributed by atoms with Gasteiger partial charge in [-0.25, -0.2) is 0 Å². The number of likely N-dealkylation sites (tertiary alicyclic amines) is 1. The Labute approximate surface area is 166 Å². The summed E-state index contributed by atoms with van der Waals surface area (Å²) >= 11 is 0. The van der Waals surface area contributed by atoms with E-state index in [0.29, 0.717) is 6.54 Å². The molecule has 1 aromatic carbocycles. The number of carbonyl (C=O) groups excluding carboxylic acids is 1. The summed E-state index contributed by atoms with van der Waals surface area (Å²) in [6.45, 7) is 3.66. The van der Waals surface area contributed by atoms with Crippen LogP contribution >= 0.6 is 0 Å². The molecule has 0 bridgehead atoms. The van der Waals surface area contributed by atoms with Gasteiger partial charge in [-0.2, -0.15) is 0 Å². The summed E-state index contributed by atoms with van der Waals surface area (Å²) in [6.07, 6.45) is 3.02. The highest BCUT2D eigenvalue weighted by atomic mass is 16.7. The molecular weight excluding hydrogens is 358 g/mol. The standard InChI is InChI=1S/C20H31N5O3/c1-21-20(23-13-15-7-8-17-18(12-15)28-14-27-17)22-9-5-11-25-10-4-6-16(25)19(26)24(2)3/h7-8,12,16H,4-6,9-11,13-14H2,1-3H3,(H2,21,22,23). The van der Waals surface area contributed by atoms with E-state index in [2.05, 4.69) is 20.5 Å². The molecule has 2 aliphatic heterocycles. The van der Waals surface area contributed by atoms with Gasteiger partial charge in [-0.15, -0.1) is 0 Å². The second-order valence-corrected chi connectivity index (χ2v) is 7.32. The van der Waals surface area contributed by atoms with Crippen molar-refractivity contribution >= 4 is 11.9 Å². The predicted octanol–water partition coefficient (Wildman–Crippen LogP) is 1.02. The Balaban J connectivity index is 1.38. The molecule has 1 saturated heterocycles. The maximum absolute atomic E-state index is 12.3. The lowest BCUT2D eigenvalue weighted by Gasteiger charge is -2.26. The lowest BCUT2D eigenvalue weighted by atomic mass is 10.2. The summed E-state index contributed by atoms with van der Waals surface area (Å²) in [5.74, 6) is 2.56. The number of fused-ring (bicyclic) bond motifs is 1. The molecule has 2 heterocycles. The zero-order valence-corrected chi connectivity index (χ0v) is 17.0. The van der Waals surface area contributed by atoms with E-state index < -0.39 is 0 Å². The zero-order valence-electron chi connectivity index (χ0n) is 17.0. The fourth-order valence-electron chi connectivity index (χ4n) is 3.62. The van der Waals surface area contributed by atoms with Crippen LogP contribution in [0.25, 0.3) is 0 Å². The minimum absolute atomic E-state index is 0.0402. The molecule has 154 valence electrons. The van der Waals surface area contributed by atoms with E-state index in [1.54, 1.807) is 11.9 Å². The molecule has 2 N–H and O–H groups in total. The first kappa shape index (κ1) is 20.3. The number of likely N-dealkylation sites (N-methyl/N-ethyl adjacent to an activating group) is 1. The normalized spacial score (nSPS) is 19.0. The third kappa shape index (κ3) is 5.07. The Kier molecular flexibility index (Phi) is 6.97. The van der Waals surface area contributed by atoms with Crippen molar-refractivity contribution < 1.29 is 14.3 Å². The highest BCUT2D eigenvalue weighted by Gasteiger charge is 2.30. The van der Waals surface area contributed by atoms with Crippen molar-refractivity contribution in [3.05, 3.63) is 23.8 Å². The number of hydrogen-bond acceptors (Lipinski definition) is 5. The molecule has 1 amide bonds. The third-order valence-electron chi connectivity index (χ3n) is 5.12. The number of carbonyl (C=O) groups is 1. The van der Waals surface area contributed by atoms with E-state index >= 15 is 0 Å². The predicted molar refractivity (Wildman–Crippen MR) is 109 cm³/mol. The van der Waals surface area contributed by atoms with Gasteiger partial charge in [0, 0.05) is 40.8 Å². The van der Waals surface area contributed by atoms with Crippen molar-refractivity contribution in [2.45, 2.75) is 31.8 Å². The molecule has 3 rings (SSSR count). The Bertz CT molecular complexity index is 707. The van der Waals surface area contributed by atoms with Gasteiger partial charge in [-0.05, 0) is 43.5 Å². The maximum Gasteiger partial charge on any atom is 0.239 e. The molecule has 8 nitrogen and oxygen atoms in total. The number of hydrogen-bond donors (Lipinski definition) is 2. The van der Waals surface area contributed by atoms with Gasteiger partial charge in [-0.1, -0.05) is 6.07 Å². The number of benzene rings is 1. The molecule has 8 heteroatoms. The molecule has 0 radical (unpaired) electrons. The van der Waals surface area contributed by atoms with Crippen LogP contribution in [0.5, 0.6) is 11.5 Å².